The van der Waals surface area contributed by atoms with Gasteiger partial charge in [-0.05, 0) is 31.2 Å². The van der Waals surface area contributed by atoms with E-state index in [4.69, 9.17) is 11.6 Å². The van der Waals surface area contributed by atoms with Crippen LogP contribution in [0.3, 0.4) is 0 Å². The van der Waals surface area contributed by atoms with Crippen LogP contribution < -0.4 is 0 Å². The van der Waals surface area contributed by atoms with Gasteiger partial charge in [0.1, 0.15) is 0 Å². The second kappa shape index (κ2) is 4.47. The van der Waals surface area contributed by atoms with E-state index < -0.39 is 9.84 Å². The van der Waals surface area contributed by atoms with E-state index in [1.807, 2.05) is 6.92 Å². The van der Waals surface area contributed by atoms with Gasteiger partial charge in [-0.2, -0.15) is 0 Å². The van der Waals surface area contributed by atoms with Gasteiger partial charge in [0.25, 0.3) is 0 Å². The predicted molar refractivity (Wildman–Crippen MR) is 65.9 cm³/mol. The molecule has 1 aromatic heterocycles. The molecule has 0 saturated heterocycles. The lowest BCUT2D eigenvalue weighted by atomic mass is 10.2. The van der Waals surface area contributed by atoms with E-state index in [2.05, 4.69) is 4.98 Å². The molecule has 88 valence electrons. The van der Waals surface area contributed by atoms with E-state index in [0.29, 0.717) is 0 Å². The van der Waals surface area contributed by atoms with Crippen molar-refractivity contribution in [2.24, 2.45) is 0 Å². The Morgan fingerprint density at radius 2 is 1.76 bits per heavy atom. The summed E-state index contributed by atoms with van der Waals surface area (Å²) in [7, 11) is -3.63. The van der Waals surface area contributed by atoms with E-state index >= 15 is 0 Å². The highest BCUT2D eigenvalue weighted by atomic mass is 35.5. The summed E-state index contributed by atoms with van der Waals surface area (Å²) in [6.07, 6.45) is 1.41. The molecule has 0 spiro atoms. The zero-order chi connectivity index (χ0) is 12.5. The minimum Gasteiger partial charge on any atom is -0.243 e. The molecule has 2 rings (SSSR count). The summed E-state index contributed by atoms with van der Waals surface area (Å²) in [6, 6.07) is 9.69. The average Bonchev–Trinajstić information content (AvgIpc) is 2.30. The van der Waals surface area contributed by atoms with Crippen molar-refractivity contribution in [1.29, 1.82) is 0 Å². The van der Waals surface area contributed by atoms with E-state index in [0.717, 1.165) is 5.56 Å². The number of benzene rings is 1. The van der Waals surface area contributed by atoms with Crippen LogP contribution in [0.15, 0.2) is 52.5 Å². The maximum Gasteiger partial charge on any atom is 0.225 e. The number of hydrogen-bond acceptors (Lipinski definition) is 3. The zero-order valence-corrected chi connectivity index (χ0v) is 10.7. The normalized spacial score (nSPS) is 11.4. The van der Waals surface area contributed by atoms with E-state index in [9.17, 15) is 8.42 Å². The smallest absolute Gasteiger partial charge is 0.225 e. The lowest BCUT2D eigenvalue weighted by Crippen LogP contribution is -2.04. The number of pyridine rings is 1. The molecule has 0 bridgehead atoms. The average molecular weight is 268 g/mol. The molecular weight excluding hydrogens is 258 g/mol. The van der Waals surface area contributed by atoms with Gasteiger partial charge < -0.3 is 0 Å². The molecule has 1 aromatic carbocycles. The standard InChI is InChI=1S/C12H10ClNO2S/c1-9-4-6-10(7-5-9)17(15,16)12-11(13)3-2-8-14-12/h2-8H,1H3. The highest BCUT2D eigenvalue weighted by Gasteiger charge is 2.21. The fourth-order valence-corrected chi connectivity index (χ4v) is 3.07. The molecule has 0 radical (unpaired) electrons. The van der Waals surface area contributed by atoms with E-state index in [-0.39, 0.29) is 14.9 Å². The van der Waals surface area contributed by atoms with E-state index in [1.165, 1.54) is 12.3 Å². The minimum atomic E-state index is -3.63. The summed E-state index contributed by atoms with van der Waals surface area (Å²) < 4.78 is 24.4. The molecule has 17 heavy (non-hydrogen) atoms. The Hall–Kier alpha value is -1.39. The Kier molecular flexibility index (Phi) is 3.17. The van der Waals surface area contributed by atoms with Crippen molar-refractivity contribution < 1.29 is 8.42 Å². The largest absolute Gasteiger partial charge is 0.243 e. The first-order valence-electron chi connectivity index (χ1n) is 4.94. The van der Waals surface area contributed by atoms with Crippen LogP contribution in [0.5, 0.6) is 0 Å². The molecule has 0 aliphatic rings. The number of rotatable bonds is 2. The lowest BCUT2D eigenvalue weighted by molar-refractivity contribution is 0.592. The zero-order valence-electron chi connectivity index (χ0n) is 9.09. The molecule has 1 heterocycles. The molecular formula is C12H10ClNO2S. The highest BCUT2D eigenvalue weighted by molar-refractivity contribution is 7.91. The van der Waals surface area contributed by atoms with Crippen molar-refractivity contribution in [3.63, 3.8) is 0 Å². The topological polar surface area (TPSA) is 47.0 Å². The second-order valence-electron chi connectivity index (χ2n) is 3.61. The molecule has 0 fully saturated rings. The third-order valence-electron chi connectivity index (χ3n) is 2.31. The molecule has 5 heteroatoms. The van der Waals surface area contributed by atoms with Crippen molar-refractivity contribution in [1.82, 2.24) is 4.98 Å². The summed E-state index contributed by atoms with van der Waals surface area (Å²) in [4.78, 5) is 4.03. The SMILES string of the molecule is Cc1ccc(S(=O)(=O)c2ncccc2Cl)cc1. The number of aryl methyl sites for hydroxylation is 1. The first kappa shape index (κ1) is 12.1. The maximum absolute atomic E-state index is 12.2. The third-order valence-corrected chi connectivity index (χ3v) is 4.45. The number of aromatic nitrogens is 1. The Morgan fingerprint density at radius 1 is 1.12 bits per heavy atom. The first-order chi connectivity index (χ1) is 8.01. The summed E-state index contributed by atoms with van der Waals surface area (Å²) in [5.41, 5.74) is 0.996. The van der Waals surface area contributed by atoms with Gasteiger partial charge >= 0.3 is 0 Å². The fraction of sp³-hybridized carbons (Fsp3) is 0.0833. The molecule has 0 aliphatic heterocycles. The number of hydrogen-bond donors (Lipinski definition) is 0. The molecule has 0 aliphatic carbocycles. The minimum absolute atomic E-state index is 0.106. The summed E-state index contributed by atoms with van der Waals surface area (Å²) in [6.45, 7) is 1.89. The Labute approximate surface area is 105 Å². The molecule has 0 saturated carbocycles. The van der Waals surface area contributed by atoms with Crippen molar-refractivity contribution in [2.75, 3.05) is 0 Å². The number of nitrogens with zero attached hydrogens (tertiary/aromatic N) is 1. The van der Waals surface area contributed by atoms with Crippen LogP contribution in [-0.2, 0) is 9.84 Å². The third kappa shape index (κ3) is 2.33. The van der Waals surface area contributed by atoms with E-state index in [1.54, 1.807) is 30.3 Å². The lowest BCUT2D eigenvalue weighted by Gasteiger charge is -2.05. The van der Waals surface area contributed by atoms with Crippen molar-refractivity contribution in [2.45, 2.75) is 16.8 Å². The Bertz CT molecular complexity index is 636. The van der Waals surface area contributed by atoms with Crippen LogP contribution in [-0.4, -0.2) is 13.4 Å². The van der Waals surface area contributed by atoms with Crippen molar-refractivity contribution in [3.8, 4) is 0 Å². The number of halogens is 1. The summed E-state index contributed by atoms with van der Waals surface area (Å²) in [5, 5.41) is 0.0265. The van der Waals surface area contributed by atoms with Gasteiger partial charge in [-0.1, -0.05) is 29.3 Å². The van der Waals surface area contributed by atoms with Gasteiger partial charge in [0.15, 0.2) is 5.03 Å². The van der Waals surface area contributed by atoms with Gasteiger partial charge in [0.2, 0.25) is 9.84 Å². The first-order valence-corrected chi connectivity index (χ1v) is 6.80. The molecule has 0 atom stereocenters. The van der Waals surface area contributed by atoms with Crippen LogP contribution in [0.1, 0.15) is 5.56 Å². The monoisotopic (exact) mass is 267 g/mol. The van der Waals surface area contributed by atoms with Gasteiger partial charge in [0, 0.05) is 6.20 Å². The van der Waals surface area contributed by atoms with Gasteiger partial charge in [0.05, 0.1) is 9.92 Å². The maximum atomic E-state index is 12.2. The molecule has 0 amide bonds. The Balaban J connectivity index is 2.58. The van der Waals surface area contributed by atoms with Crippen molar-refractivity contribution in [3.05, 3.63) is 53.2 Å². The summed E-state index contributed by atoms with van der Waals surface area (Å²) >= 11 is 5.85. The number of sulfone groups is 1. The molecule has 0 unspecified atom stereocenters. The molecule has 3 nitrogen and oxygen atoms in total. The van der Waals surface area contributed by atoms with Gasteiger partial charge in [-0.25, -0.2) is 13.4 Å². The second-order valence-corrected chi connectivity index (χ2v) is 5.88. The van der Waals surface area contributed by atoms with Crippen LogP contribution >= 0.6 is 11.6 Å². The Morgan fingerprint density at radius 3 is 2.35 bits per heavy atom. The van der Waals surface area contributed by atoms with Crippen LogP contribution in [0.25, 0.3) is 0 Å². The quantitative estimate of drug-likeness (QED) is 0.841. The van der Waals surface area contributed by atoms with Crippen molar-refractivity contribution >= 4 is 21.4 Å². The summed E-state index contributed by atoms with van der Waals surface area (Å²) in [5.74, 6) is 0. The van der Waals surface area contributed by atoms with Crippen LogP contribution in [0.2, 0.25) is 5.02 Å². The molecule has 2 aromatic rings. The van der Waals surface area contributed by atoms with Crippen LogP contribution in [0.4, 0.5) is 0 Å². The van der Waals surface area contributed by atoms with Gasteiger partial charge in [-0.3, -0.25) is 0 Å². The predicted octanol–water partition coefficient (Wildman–Crippen LogP) is 2.88. The fourth-order valence-electron chi connectivity index (χ4n) is 1.40. The molecule has 0 N–H and O–H groups in total. The van der Waals surface area contributed by atoms with Gasteiger partial charge in [-0.15, -0.1) is 0 Å². The highest BCUT2D eigenvalue weighted by Crippen LogP contribution is 2.25. The van der Waals surface area contributed by atoms with Crippen LogP contribution in [0, 0.1) is 6.92 Å².